The molecule has 1 atom stereocenters. The molecule has 0 saturated carbocycles. The average Bonchev–Trinajstić information content (AvgIpc) is 2.52. The van der Waals surface area contributed by atoms with Crippen molar-refractivity contribution in [2.75, 3.05) is 37.9 Å². The van der Waals surface area contributed by atoms with Gasteiger partial charge < -0.3 is 15.2 Å². The van der Waals surface area contributed by atoms with Gasteiger partial charge in [-0.2, -0.15) is 11.8 Å². The Morgan fingerprint density at radius 1 is 1.50 bits per heavy atom. The molecule has 2 aliphatic heterocycles. The molecule has 0 aromatic carbocycles. The summed E-state index contributed by atoms with van der Waals surface area (Å²) in [5, 5.41) is 12.6. The Morgan fingerprint density at radius 2 is 2.36 bits per heavy atom. The number of hydrogen-bond acceptors (Lipinski definition) is 4. The summed E-state index contributed by atoms with van der Waals surface area (Å²) in [5.74, 6) is 2.49. The molecule has 82 valence electrons. The standard InChI is InChI=1S/C10H19NO2S/c12-3-1-10(2-4-13-8-10)7-11-9-5-14-6-9/h9,11-12H,1-8H2. The highest BCUT2D eigenvalue weighted by Crippen LogP contribution is 2.32. The number of ether oxygens (including phenoxy) is 1. The third-order valence-corrected chi connectivity index (χ3v) is 4.51. The molecule has 2 saturated heterocycles. The van der Waals surface area contributed by atoms with Gasteiger partial charge in [0.25, 0.3) is 0 Å². The van der Waals surface area contributed by atoms with E-state index in [1.807, 2.05) is 11.8 Å². The number of hydrogen-bond donors (Lipinski definition) is 2. The molecule has 0 amide bonds. The molecule has 4 heteroatoms. The van der Waals surface area contributed by atoms with E-state index in [0.29, 0.717) is 6.04 Å². The van der Waals surface area contributed by atoms with Gasteiger partial charge in [-0.15, -0.1) is 0 Å². The quantitative estimate of drug-likeness (QED) is 0.703. The number of aliphatic hydroxyl groups excluding tert-OH is 1. The van der Waals surface area contributed by atoms with Gasteiger partial charge in [0.1, 0.15) is 0 Å². The van der Waals surface area contributed by atoms with Crippen LogP contribution in [0.4, 0.5) is 0 Å². The van der Waals surface area contributed by atoms with Crippen molar-refractivity contribution >= 4 is 11.8 Å². The maximum absolute atomic E-state index is 9.04. The van der Waals surface area contributed by atoms with E-state index in [0.717, 1.165) is 32.6 Å². The van der Waals surface area contributed by atoms with Crippen molar-refractivity contribution in [1.82, 2.24) is 5.32 Å². The van der Waals surface area contributed by atoms with E-state index in [4.69, 9.17) is 9.84 Å². The highest BCUT2D eigenvalue weighted by Gasteiger charge is 2.35. The number of aliphatic hydroxyl groups is 1. The molecule has 14 heavy (non-hydrogen) atoms. The highest BCUT2D eigenvalue weighted by molar-refractivity contribution is 8.00. The van der Waals surface area contributed by atoms with Gasteiger partial charge >= 0.3 is 0 Å². The third kappa shape index (κ3) is 2.42. The smallest absolute Gasteiger partial charge is 0.0536 e. The first-order chi connectivity index (χ1) is 6.85. The SMILES string of the molecule is OCCC1(CNC2CSC2)CCOC1. The summed E-state index contributed by atoms with van der Waals surface area (Å²) in [5.41, 5.74) is 0.217. The van der Waals surface area contributed by atoms with Crippen LogP contribution in [0.5, 0.6) is 0 Å². The molecule has 0 spiro atoms. The Balaban J connectivity index is 1.77. The van der Waals surface area contributed by atoms with Crippen LogP contribution in [0.1, 0.15) is 12.8 Å². The largest absolute Gasteiger partial charge is 0.396 e. The Morgan fingerprint density at radius 3 is 2.86 bits per heavy atom. The fourth-order valence-corrected chi connectivity index (χ4v) is 2.73. The summed E-state index contributed by atoms with van der Waals surface area (Å²) in [6.07, 6.45) is 1.97. The normalized spacial score (nSPS) is 33.2. The first kappa shape index (κ1) is 10.7. The lowest BCUT2D eigenvalue weighted by molar-refractivity contribution is 0.123. The van der Waals surface area contributed by atoms with E-state index in [1.165, 1.54) is 11.5 Å². The first-order valence-electron chi connectivity index (χ1n) is 5.34. The summed E-state index contributed by atoms with van der Waals surface area (Å²) in [6, 6.07) is 0.705. The minimum absolute atomic E-state index is 0.217. The summed E-state index contributed by atoms with van der Waals surface area (Å²) < 4.78 is 5.44. The average molecular weight is 217 g/mol. The second-order valence-corrected chi connectivity index (χ2v) is 5.47. The molecule has 0 aromatic rings. The maximum Gasteiger partial charge on any atom is 0.0536 e. The maximum atomic E-state index is 9.04. The van der Waals surface area contributed by atoms with E-state index in [2.05, 4.69) is 5.32 Å². The predicted molar refractivity (Wildman–Crippen MR) is 58.7 cm³/mol. The van der Waals surface area contributed by atoms with Crippen LogP contribution in [-0.2, 0) is 4.74 Å². The molecular formula is C10H19NO2S. The third-order valence-electron chi connectivity index (χ3n) is 3.23. The van der Waals surface area contributed by atoms with Gasteiger partial charge in [-0.05, 0) is 12.8 Å². The molecule has 0 radical (unpaired) electrons. The van der Waals surface area contributed by atoms with Crippen molar-refractivity contribution in [3.63, 3.8) is 0 Å². The zero-order valence-corrected chi connectivity index (χ0v) is 9.31. The van der Waals surface area contributed by atoms with E-state index in [1.54, 1.807) is 0 Å². The summed E-state index contributed by atoms with van der Waals surface area (Å²) >= 11 is 2.00. The van der Waals surface area contributed by atoms with Crippen LogP contribution in [0.3, 0.4) is 0 Å². The van der Waals surface area contributed by atoms with E-state index in [-0.39, 0.29) is 12.0 Å². The van der Waals surface area contributed by atoms with E-state index >= 15 is 0 Å². The molecule has 2 fully saturated rings. The molecule has 2 aliphatic rings. The molecule has 0 bridgehead atoms. The van der Waals surface area contributed by atoms with Crippen LogP contribution >= 0.6 is 11.8 Å². The lowest BCUT2D eigenvalue weighted by Crippen LogP contribution is -2.46. The molecular weight excluding hydrogens is 198 g/mol. The Bertz CT molecular complexity index is 179. The topological polar surface area (TPSA) is 41.5 Å². The number of thioether (sulfide) groups is 1. The monoisotopic (exact) mass is 217 g/mol. The van der Waals surface area contributed by atoms with Gasteiger partial charge in [0.05, 0.1) is 6.61 Å². The van der Waals surface area contributed by atoms with E-state index in [9.17, 15) is 0 Å². The second kappa shape index (κ2) is 4.84. The predicted octanol–water partition coefficient (Wildman–Crippen LogP) is 0.480. The van der Waals surface area contributed by atoms with Crippen molar-refractivity contribution in [2.24, 2.45) is 5.41 Å². The van der Waals surface area contributed by atoms with Crippen LogP contribution in [0, 0.1) is 5.41 Å². The van der Waals surface area contributed by atoms with Crippen LogP contribution < -0.4 is 5.32 Å². The summed E-state index contributed by atoms with van der Waals surface area (Å²) in [6.45, 7) is 2.98. The first-order valence-corrected chi connectivity index (χ1v) is 6.50. The summed E-state index contributed by atoms with van der Waals surface area (Å²) in [7, 11) is 0. The van der Waals surface area contributed by atoms with Gasteiger partial charge in [0, 0.05) is 42.7 Å². The fourth-order valence-electron chi connectivity index (χ4n) is 2.03. The van der Waals surface area contributed by atoms with Gasteiger partial charge in [0.2, 0.25) is 0 Å². The van der Waals surface area contributed by atoms with Crippen molar-refractivity contribution in [3.05, 3.63) is 0 Å². The minimum Gasteiger partial charge on any atom is -0.396 e. The highest BCUT2D eigenvalue weighted by atomic mass is 32.2. The van der Waals surface area contributed by atoms with E-state index < -0.39 is 0 Å². The molecule has 2 heterocycles. The Labute approximate surface area is 89.6 Å². The van der Waals surface area contributed by atoms with Crippen molar-refractivity contribution in [2.45, 2.75) is 18.9 Å². The van der Waals surface area contributed by atoms with Crippen LogP contribution in [0.15, 0.2) is 0 Å². The molecule has 0 aliphatic carbocycles. The lowest BCUT2D eigenvalue weighted by Gasteiger charge is -2.33. The van der Waals surface area contributed by atoms with Crippen LogP contribution in [-0.4, -0.2) is 49.0 Å². The Kier molecular flexibility index (Phi) is 3.71. The molecule has 1 unspecified atom stereocenters. The van der Waals surface area contributed by atoms with Crippen molar-refractivity contribution in [1.29, 1.82) is 0 Å². The molecule has 2 rings (SSSR count). The fraction of sp³-hybridized carbons (Fsp3) is 1.00. The van der Waals surface area contributed by atoms with Crippen molar-refractivity contribution < 1.29 is 9.84 Å². The van der Waals surface area contributed by atoms with Gasteiger partial charge in [-0.1, -0.05) is 0 Å². The number of nitrogens with one attached hydrogen (secondary N) is 1. The number of rotatable bonds is 5. The van der Waals surface area contributed by atoms with Gasteiger partial charge in [-0.25, -0.2) is 0 Å². The second-order valence-electron chi connectivity index (χ2n) is 4.39. The lowest BCUT2D eigenvalue weighted by atomic mass is 9.84. The Hall–Kier alpha value is 0.230. The van der Waals surface area contributed by atoms with Gasteiger partial charge in [-0.3, -0.25) is 0 Å². The van der Waals surface area contributed by atoms with Crippen LogP contribution in [0.25, 0.3) is 0 Å². The minimum atomic E-state index is 0.217. The van der Waals surface area contributed by atoms with Crippen molar-refractivity contribution in [3.8, 4) is 0 Å². The van der Waals surface area contributed by atoms with Crippen LogP contribution in [0.2, 0.25) is 0 Å². The molecule has 2 N–H and O–H groups in total. The summed E-state index contributed by atoms with van der Waals surface area (Å²) in [4.78, 5) is 0. The molecule has 3 nitrogen and oxygen atoms in total. The molecule has 0 aromatic heterocycles. The zero-order chi connectivity index (χ0) is 9.86. The van der Waals surface area contributed by atoms with Gasteiger partial charge in [0.15, 0.2) is 0 Å². The zero-order valence-electron chi connectivity index (χ0n) is 8.50.